The lowest BCUT2D eigenvalue weighted by molar-refractivity contribution is -0.108. The Morgan fingerprint density at radius 1 is 1.23 bits per heavy atom. The summed E-state index contributed by atoms with van der Waals surface area (Å²) < 4.78 is 0. The van der Waals surface area contributed by atoms with Crippen LogP contribution >= 0.6 is 0 Å². The number of hydrogen-bond donors (Lipinski definition) is 1. The molecule has 1 aliphatic heterocycles. The maximum absolute atomic E-state index is 12.7. The number of likely N-dealkylation sites (N-methyl/N-ethyl adjacent to an activating group) is 1. The molecule has 0 radical (unpaired) electrons. The van der Waals surface area contributed by atoms with E-state index in [2.05, 4.69) is 5.32 Å². The van der Waals surface area contributed by atoms with E-state index in [1.54, 1.807) is 29.2 Å². The highest BCUT2D eigenvalue weighted by Gasteiger charge is 2.30. The van der Waals surface area contributed by atoms with E-state index in [1.165, 1.54) is 11.9 Å². The van der Waals surface area contributed by atoms with Crippen molar-refractivity contribution in [1.82, 2.24) is 15.1 Å². The van der Waals surface area contributed by atoms with Gasteiger partial charge >= 0.3 is 12.1 Å². The standard InChI is InChI=1S/C15H20N4O3/c1-17(11-12-20)14(21)19(13-5-3-2-4-6-13)15(22)18-9-7-16-8-10-18/h2-6,12,16H,7-11H2,1H3. The summed E-state index contributed by atoms with van der Waals surface area (Å²) in [5.41, 5.74) is 0.494. The Balaban J connectivity index is 2.26. The monoisotopic (exact) mass is 304 g/mol. The van der Waals surface area contributed by atoms with Gasteiger partial charge in [0, 0.05) is 33.2 Å². The molecule has 0 spiro atoms. The third-order valence-electron chi connectivity index (χ3n) is 3.46. The minimum Gasteiger partial charge on any atom is -0.321 e. The molecule has 1 aromatic rings. The maximum atomic E-state index is 12.7. The molecule has 7 nitrogen and oxygen atoms in total. The fraction of sp³-hybridized carbons (Fsp3) is 0.400. The third-order valence-corrected chi connectivity index (χ3v) is 3.46. The molecule has 1 aromatic carbocycles. The van der Waals surface area contributed by atoms with E-state index < -0.39 is 6.03 Å². The SMILES string of the molecule is CN(CC=O)C(=O)N(C(=O)N1CCNCC1)c1ccccc1. The minimum atomic E-state index is -0.512. The highest BCUT2D eigenvalue weighted by atomic mass is 16.2. The summed E-state index contributed by atoms with van der Waals surface area (Å²) in [5.74, 6) is 0. The summed E-state index contributed by atoms with van der Waals surface area (Å²) in [5, 5.41) is 3.17. The van der Waals surface area contributed by atoms with Gasteiger partial charge in [0.1, 0.15) is 6.29 Å². The van der Waals surface area contributed by atoms with Gasteiger partial charge in [0.25, 0.3) is 0 Å². The van der Waals surface area contributed by atoms with Crippen molar-refractivity contribution in [3.05, 3.63) is 30.3 Å². The Morgan fingerprint density at radius 2 is 1.86 bits per heavy atom. The van der Waals surface area contributed by atoms with Crippen molar-refractivity contribution >= 4 is 24.0 Å². The van der Waals surface area contributed by atoms with Crippen LogP contribution in [-0.2, 0) is 4.79 Å². The smallest absolute Gasteiger partial charge is 0.321 e. The van der Waals surface area contributed by atoms with Crippen LogP contribution in [0.2, 0.25) is 0 Å². The maximum Gasteiger partial charge on any atom is 0.332 e. The van der Waals surface area contributed by atoms with Gasteiger partial charge in [-0.2, -0.15) is 0 Å². The molecule has 118 valence electrons. The number of carbonyl (C=O) groups is 3. The number of urea groups is 2. The summed E-state index contributed by atoms with van der Waals surface area (Å²) in [6, 6.07) is 7.87. The Kier molecular flexibility index (Phi) is 5.48. The zero-order valence-electron chi connectivity index (χ0n) is 12.6. The molecule has 0 bridgehead atoms. The Morgan fingerprint density at radius 3 is 2.45 bits per heavy atom. The predicted molar refractivity (Wildman–Crippen MR) is 82.8 cm³/mol. The summed E-state index contributed by atoms with van der Waals surface area (Å²) in [7, 11) is 1.50. The second-order valence-corrected chi connectivity index (χ2v) is 5.02. The van der Waals surface area contributed by atoms with Crippen molar-refractivity contribution in [3.8, 4) is 0 Å². The second kappa shape index (κ2) is 7.56. The molecule has 0 unspecified atom stereocenters. The Bertz CT molecular complexity index is 529. The van der Waals surface area contributed by atoms with E-state index >= 15 is 0 Å². The van der Waals surface area contributed by atoms with Crippen LogP contribution in [0, 0.1) is 0 Å². The van der Waals surface area contributed by atoms with Crippen LogP contribution in [0.4, 0.5) is 15.3 Å². The van der Waals surface area contributed by atoms with Crippen LogP contribution in [0.5, 0.6) is 0 Å². The van der Waals surface area contributed by atoms with Gasteiger partial charge in [0.05, 0.1) is 12.2 Å². The van der Waals surface area contributed by atoms with Crippen LogP contribution in [0.1, 0.15) is 0 Å². The average Bonchev–Trinajstić information content (AvgIpc) is 2.57. The van der Waals surface area contributed by atoms with Crippen LogP contribution in [0.3, 0.4) is 0 Å². The zero-order valence-corrected chi connectivity index (χ0v) is 12.6. The molecule has 0 saturated carbocycles. The molecule has 1 saturated heterocycles. The molecular weight excluding hydrogens is 284 g/mol. The molecule has 1 N–H and O–H groups in total. The number of anilines is 1. The van der Waals surface area contributed by atoms with E-state index in [9.17, 15) is 14.4 Å². The molecule has 0 aliphatic carbocycles. The number of amides is 4. The van der Waals surface area contributed by atoms with Gasteiger partial charge in [-0.05, 0) is 12.1 Å². The Labute approximate surface area is 129 Å². The van der Waals surface area contributed by atoms with Gasteiger partial charge in [-0.15, -0.1) is 0 Å². The van der Waals surface area contributed by atoms with Crippen LogP contribution in [-0.4, -0.2) is 67.9 Å². The molecule has 1 heterocycles. The number of carbonyl (C=O) groups excluding carboxylic acids is 3. The zero-order chi connectivity index (χ0) is 15.9. The average molecular weight is 304 g/mol. The summed E-state index contributed by atoms with van der Waals surface area (Å²) in [4.78, 5) is 39.9. The molecule has 4 amide bonds. The number of aldehydes is 1. The first kappa shape index (κ1) is 16.0. The lowest BCUT2D eigenvalue weighted by Crippen LogP contribution is -2.55. The van der Waals surface area contributed by atoms with Crippen LogP contribution in [0.15, 0.2) is 30.3 Å². The number of rotatable bonds is 3. The molecule has 1 aliphatic rings. The largest absolute Gasteiger partial charge is 0.332 e. The molecule has 7 heteroatoms. The lowest BCUT2D eigenvalue weighted by atomic mass is 10.3. The van der Waals surface area contributed by atoms with Gasteiger partial charge in [0.2, 0.25) is 0 Å². The summed E-state index contributed by atoms with van der Waals surface area (Å²) in [6.45, 7) is 2.44. The van der Waals surface area contributed by atoms with E-state index in [4.69, 9.17) is 0 Å². The second-order valence-electron chi connectivity index (χ2n) is 5.02. The summed E-state index contributed by atoms with van der Waals surface area (Å²) >= 11 is 0. The van der Waals surface area contributed by atoms with E-state index in [0.29, 0.717) is 38.2 Å². The van der Waals surface area contributed by atoms with Gasteiger partial charge in [-0.25, -0.2) is 14.5 Å². The predicted octanol–water partition coefficient (Wildman–Crippen LogP) is 0.769. The number of piperazine rings is 1. The van der Waals surface area contributed by atoms with Crippen molar-refractivity contribution in [2.75, 3.05) is 44.7 Å². The molecule has 1 fully saturated rings. The van der Waals surface area contributed by atoms with Gasteiger partial charge in [0.15, 0.2) is 0 Å². The Hall–Kier alpha value is -2.41. The number of nitrogens with one attached hydrogen (secondary N) is 1. The first-order valence-corrected chi connectivity index (χ1v) is 7.18. The number of hydrogen-bond acceptors (Lipinski definition) is 4. The first-order chi connectivity index (χ1) is 10.6. The van der Waals surface area contributed by atoms with Crippen LogP contribution in [0.25, 0.3) is 0 Å². The highest BCUT2D eigenvalue weighted by Crippen LogP contribution is 2.17. The fourth-order valence-electron chi connectivity index (χ4n) is 2.24. The quantitative estimate of drug-likeness (QED) is 0.837. The van der Waals surface area contributed by atoms with Gasteiger partial charge < -0.3 is 19.9 Å². The molecule has 22 heavy (non-hydrogen) atoms. The van der Waals surface area contributed by atoms with Gasteiger partial charge in [-0.1, -0.05) is 18.2 Å². The summed E-state index contributed by atoms with van der Waals surface area (Å²) in [6.07, 6.45) is 0.635. The van der Waals surface area contributed by atoms with Gasteiger partial charge in [-0.3, -0.25) is 0 Å². The lowest BCUT2D eigenvalue weighted by Gasteiger charge is -2.33. The topological polar surface area (TPSA) is 73.0 Å². The fourth-order valence-corrected chi connectivity index (χ4v) is 2.24. The number of nitrogens with zero attached hydrogens (tertiary/aromatic N) is 3. The van der Waals surface area contributed by atoms with Crippen molar-refractivity contribution in [3.63, 3.8) is 0 Å². The highest BCUT2D eigenvalue weighted by molar-refractivity contribution is 6.13. The number of para-hydroxylation sites is 1. The van der Waals surface area contributed by atoms with Crippen molar-refractivity contribution < 1.29 is 14.4 Å². The van der Waals surface area contributed by atoms with Crippen molar-refractivity contribution in [2.24, 2.45) is 0 Å². The number of benzene rings is 1. The normalized spacial score (nSPS) is 14.3. The van der Waals surface area contributed by atoms with E-state index in [1.807, 2.05) is 6.07 Å². The molecule has 0 atom stereocenters. The molecule has 2 rings (SSSR count). The molecule has 0 aromatic heterocycles. The minimum absolute atomic E-state index is 0.0585. The number of imide groups is 1. The van der Waals surface area contributed by atoms with Crippen molar-refractivity contribution in [1.29, 1.82) is 0 Å². The van der Waals surface area contributed by atoms with Crippen LogP contribution < -0.4 is 10.2 Å². The molecular formula is C15H20N4O3. The first-order valence-electron chi connectivity index (χ1n) is 7.18. The van der Waals surface area contributed by atoms with E-state index in [0.717, 1.165) is 4.90 Å². The third kappa shape index (κ3) is 3.62. The van der Waals surface area contributed by atoms with Crippen molar-refractivity contribution in [2.45, 2.75) is 0 Å². The van der Waals surface area contributed by atoms with E-state index in [-0.39, 0.29) is 12.6 Å².